The minimum absolute atomic E-state index is 0.140. The molecule has 0 spiro atoms. The van der Waals surface area contributed by atoms with Gasteiger partial charge in [-0.1, -0.05) is 42.5 Å². The standard InChI is InChI=1S/C23H18N2O4/c26-21-19-15-10-11-16(12-15)20(19)22(27)25(21)24-13-17-8-4-5-9-18(17)29-23(28)14-6-2-1-3-7-14/h1-11,13,15-16,19-20H,12H2/t15-,16-,19-,20+/m0/s1. The summed E-state index contributed by atoms with van der Waals surface area (Å²) in [4.78, 5) is 37.8. The van der Waals surface area contributed by atoms with Gasteiger partial charge in [-0.25, -0.2) is 4.79 Å². The Balaban J connectivity index is 1.36. The van der Waals surface area contributed by atoms with Gasteiger partial charge in [0.1, 0.15) is 5.75 Å². The number of rotatable bonds is 4. The SMILES string of the molecule is O=C(Oc1ccccc1C=NN1C(=O)[C@@H]2[C@H](C1=O)[C@H]1C=C[C@H]2C1)c1ccccc1. The highest BCUT2D eigenvalue weighted by Crippen LogP contribution is 2.52. The molecule has 1 heterocycles. The number of carbonyl (C=O) groups is 3. The number of hydrogen-bond donors (Lipinski definition) is 0. The molecule has 2 aromatic rings. The number of para-hydroxylation sites is 1. The minimum atomic E-state index is -0.489. The Morgan fingerprint density at radius 1 is 0.931 bits per heavy atom. The highest BCUT2D eigenvalue weighted by molar-refractivity contribution is 6.07. The third-order valence-corrected chi connectivity index (χ3v) is 5.89. The molecule has 0 radical (unpaired) electrons. The Hall–Kier alpha value is -3.54. The van der Waals surface area contributed by atoms with Crippen molar-refractivity contribution >= 4 is 24.0 Å². The fourth-order valence-electron chi connectivity index (χ4n) is 4.53. The Morgan fingerprint density at radius 2 is 1.55 bits per heavy atom. The average Bonchev–Trinajstić information content (AvgIpc) is 3.43. The van der Waals surface area contributed by atoms with Crippen molar-refractivity contribution in [2.75, 3.05) is 0 Å². The van der Waals surface area contributed by atoms with Crippen LogP contribution in [0, 0.1) is 23.7 Å². The summed E-state index contributed by atoms with van der Waals surface area (Å²) in [6, 6.07) is 15.5. The van der Waals surface area contributed by atoms with Gasteiger partial charge in [-0.05, 0) is 42.5 Å². The summed E-state index contributed by atoms with van der Waals surface area (Å²) in [5.41, 5.74) is 0.940. The first-order valence-electron chi connectivity index (χ1n) is 9.60. The molecule has 2 aromatic carbocycles. The first-order chi connectivity index (χ1) is 14.1. The topological polar surface area (TPSA) is 76.0 Å². The molecular weight excluding hydrogens is 368 g/mol. The molecule has 1 aliphatic heterocycles. The number of esters is 1. The van der Waals surface area contributed by atoms with Crippen LogP contribution < -0.4 is 4.74 Å². The van der Waals surface area contributed by atoms with Crippen LogP contribution in [0.2, 0.25) is 0 Å². The van der Waals surface area contributed by atoms with E-state index >= 15 is 0 Å². The van der Waals surface area contributed by atoms with Crippen LogP contribution >= 0.6 is 0 Å². The Labute approximate surface area is 167 Å². The van der Waals surface area contributed by atoms with Crippen molar-refractivity contribution in [1.29, 1.82) is 0 Å². The third-order valence-electron chi connectivity index (χ3n) is 5.89. The zero-order chi connectivity index (χ0) is 20.0. The van der Waals surface area contributed by atoms with Crippen LogP contribution in [0.15, 0.2) is 71.9 Å². The number of fused-ring (bicyclic) bond motifs is 5. The lowest BCUT2D eigenvalue weighted by Crippen LogP contribution is -2.28. The molecule has 1 saturated carbocycles. The van der Waals surface area contributed by atoms with Crippen molar-refractivity contribution in [2.24, 2.45) is 28.8 Å². The Morgan fingerprint density at radius 3 is 2.24 bits per heavy atom. The lowest BCUT2D eigenvalue weighted by Gasteiger charge is -2.13. The first kappa shape index (κ1) is 17.6. The average molecular weight is 386 g/mol. The molecule has 2 amide bonds. The number of benzene rings is 2. The van der Waals surface area contributed by atoms with Crippen LogP contribution in [0.5, 0.6) is 5.75 Å². The van der Waals surface area contributed by atoms with E-state index in [4.69, 9.17) is 4.74 Å². The minimum Gasteiger partial charge on any atom is -0.422 e. The number of ether oxygens (including phenoxy) is 1. The quantitative estimate of drug-likeness (QED) is 0.266. The molecule has 0 unspecified atom stereocenters. The van der Waals surface area contributed by atoms with Crippen LogP contribution in [0.4, 0.5) is 0 Å². The second-order valence-electron chi connectivity index (χ2n) is 7.53. The lowest BCUT2D eigenvalue weighted by molar-refractivity contribution is -0.140. The summed E-state index contributed by atoms with van der Waals surface area (Å²) in [7, 11) is 0. The zero-order valence-corrected chi connectivity index (χ0v) is 15.5. The molecule has 6 heteroatoms. The molecule has 3 aliphatic rings. The van der Waals surface area contributed by atoms with Gasteiger partial charge in [-0.15, -0.1) is 0 Å². The predicted molar refractivity (Wildman–Crippen MR) is 105 cm³/mol. The van der Waals surface area contributed by atoms with Gasteiger partial charge in [-0.2, -0.15) is 10.1 Å². The second-order valence-corrected chi connectivity index (χ2v) is 7.53. The molecule has 0 N–H and O–H groups in total. The van der Waals surface area contributed by atoms with Crippen molar-refractivity contribution in [2.45, 2.75) is 6.42 Å². The van der Waals surface area contributed by atoms with Gasteiger partial charge < -0.3 is 4.74 Å². The summed E-state index contributed by atoms with van der Waals surface area (Å²) in [5.74, 6) is -0.968. The fourth-order valence-corrected chi connectivity index (χ4v) is 4.53. The van der Waals surface area contributed by atoms with Crippen molar-refractivity contribution in [3.63, 3.8) is 0 Å². The number of carbonyl (C=O) groups excluding carboxylic acids is 3. The van der Waals surface area contributed by atoms with Gasteiger partial charge >= 0.3 is 5.97 Å². The highest BCUT2D eigenvalue weighted by Gasteiger charge is 2.59. The summed E-state index contributed by atoms with van der Waals surface area (Å²) in [5, 5.41) is 5.15. The van der Waals surface area contributed by atoms with Gasteiger partial charge in [-0.3, -0.25) is 9.59 Å². The normalized spacial score (nSPS) is 27.1. The van der Waals surface area contributed by atoms with E-state index in [2.05, 4.69) is 5.10 Å². The van der Waals surface area contributed by atoms with Gasteiger partial charge in [0.25, 0.3) is 11.8 Å². The van der Waals surface area contributed by atoms with Crippen LogP contribution in [0.25, 0.3) is 0 Å². The van der Waals surface area contributed by atoms with E-state index in [-0.39, 0.29) is 35.5 Å². The first-order valence-corrected chi connectivity index (χ1v) is 9.60. The largest absolute Gasteiger partial charge is 0.422 e. The maximum absolute atomic E-state index is 12.7. The van der Waals surface area contributed by atoms with Crippen molar-refractivity contribution < 1.29 is 19.1 Å². The number of allylic oxidation sites excluding steroid dienone is 2. The van der Waals surface area contributed by atoms with Gasteiger partial charge in [0, 0.05) is 5.56 Å². The maximum atomic E-state index is 12.7. The van der Waals surface area contributed by atoms with Crippen LogP contribution in [0.3, 0.4) is 0 Å². The molecule has 1 saturated heterocycles. The van der Waals surface area contributed by atoms with Crippen LogP contribution in [-0.2, 0) is 9.59 Å². The van der Waals surface area contributed by atoms with Gasteiger partial charge in [0.2, 0.25) is 0 Å². The lowest BCUT2D eigenvalue weighted by atomic mass is 9.85. The number of amides is 2. The summed E-state index contributed by atoms with van der Waals surface area (Å²) >= 11 is 0. The molecule has 4 atom stereocenters. The second kappa shape index (κ2) is 6.81. The molecule has 144 valence electrons. The van der Waals surface area contributed by atoms with E-state index in [1.807, 2.05) is 18.2 Å². The smallest absolute Gasteiger partial charge is 0.343 e. The molecule has 2 bridgehead atoms. The van der Waals surface area contributed by atoms with E-state index in [0.29, 0.717) is 16.9 Å². The monoisotopic (exact) mass is 386 g/mol. The van der Waals surface area contributed by atoms with Crippen molar-refractivity contribution in [3.05, 3.63) is 77.9 Å². The third kappa shape index (κ3) is 2.88. The van der Waals surface area contributed by atoms with Crippen molar-refractivity contribution in [1.82, 2.24) is 5.01 Å². The van der Waals surface area contributed by atoms with Gasteiger partial charge in [0.15, 0.2) is 0 Å². The molecular formula is C23H18N2O4. The number of imide groups is 1. The Bertz CT molecular complexity index is 1030. The van der Waals surface area contributed by atoms with Gasteiger partial charge in [0.05, 0.1) is 23.6 Å². The number of hydrogen-bond acceptors (Lipinski definition) is 5. The Kier molecular flexibility index (Phi) is 4.12. The highest BCUT2D eigenvalue weighted by atomic mass is 16.5. The summed E-state index contributed by atoms with van der Waals surface area (Å²) in [6.07, 6.45) is 6.37. The zero-order valence-electron chi connectivity index (χ0n) is 15.5. The fraction of sp³-hybridized carbons (Fsp3) is 0.217. The van der Waals surface area contributed by atoms with E-state index in [9.17, 15) is 14.4 Å². The number of nitrogens with zero attached hydrogens (tertiary/aromatic N) is 2. The summed E-state index contributed by atoms with van der Waals surface area (Å²) < 4.78 is 5.49. The molecule has 5 rings (SSSR count). The van der Waals surface area contributed by atoms with E-state index in [1.165, 1.54) is 6.21 Å². The molecule has 6 nitrogen and oxygen atoms in total. The van der Waals surface area contributed by atoms with E-state index in [1.54, 1.807) is 48.5 Å². The van der Waals surface area contributed by atoms with E-state index < -0.39 is 5.97 Å². The summed E-state index contributed by atoms with van der Waals surface area (Å²) in [6.45, 7) is 0. The predicted octanol–water partition coefficient (Wildman–Crippen LogP) is 3.05. The van der Waals surface area contributed by atoms with Crippen molar-refractivity contribution in [3.8, 4) is 5.75 Å². The maximum Gasteiger partial charge on any atom is 0.343 e. The molecule has 2 fully saturated rings. The van der Waals surface area contributed by atoms with E-state index in [0.717, 1.165) is 11.4 Å². The molecule has 2 aliphatic carbocycles. The number of hydrazone groups is 1. The van der Waals surface area contributed by atoms with Crippen LogP contribution in [-0.4, -0.2) is 29.0 Å². The molecule has 29 heavy (non-hydrogen) atoms. The van der Waals surface area contributed by atoms with Crippen LogP contribution in [0.1, 0.15) is 22.3 Å². The molecule has 0 aromatic heterocycles.